The molecule has 1 saturated heterocycles. The van der Waals surface area contributed by atoms with Crippen molar-refractivity contribution in [2.75, 3.05) is 24.1 Å². The molecule has 1 unspecified atom stereocenters. The van der Waals surface area contributed by atoms with Crippen LogP contribution in [-0.2, 0) is 14.4 Å². The maximum absolute atomic E-state index is 13.6. The summed E-state index contributed by atoms with van der Waals surface area (Å²) in [6.45, 7) is 2.74. The van der Waals surface area contributed by atoms with E-state index >= 15 is 0 Å². The van der Waals surface area contributed by atoms with Gasteiger partial charge in [-0.05, 0) is 56.0 Å². The van der Waals surface area contributed by atoms with Gasteiger partial charge in [-0.1, -0.05) is 12.1 Å². The Morgan fingerprint density at radius 3 is 2.31 bits per heavy atom. The molecule has 192 valence electrons. The summed E-state index contributed by atoms with van der Waals surface area (Å²) in [7, 11) is 0. The third kappa shape index (κ3) is 4.59. The van der Waals surface area contributed by atoms with Gasteiger partial charge in [-0.2, -0.15) is 13.2 Å². The van der Waals surface area contributed by atoms with Gasteiger partial charge >= 0.3 is 18.0 Å². The first kappa shape index (κ1) is 25.4. The smallest absolute Gasteiger partial charge is 0.383 e. The number of pyridine rings is 1. The van der Waals surface area contributed by atoms with Crippen molar-refractivity contribution in [2.45, 2.75) is 44.9 Å². The van der Waals surface area contributed by atoms with Crippen LogP contribution in [0.4, 0.5) is 29.1 Å². The molecule has 0 spiro atoms. The molecule has 0 bridgehead atoms. The van der Waals surface area contributed by atoms with Crippen LogP contribution in [-0.4, -0.2) is 57.8 Å². The Kier molecular flexibility index (Phi) is 6.40. The number of anilines is 2. The van der Waals surface area contributed by atoms with E-state index in [9.17, 15) is 31.9 Å². The highest BCUT2D eigenvalue weighted by Gasteiger charge is 2.70. The van der Waals surface area contributed by atoms with Crippen molar-refractivity contribution in [2.24, 2.45) is 5.41 Å². The Hall–Kier alpha value is -3.70. The number of carbonyl (C=O) groups is 3. The largest absolute Gasteiger partial charge is 0.403 e. The van der Waals surface area contributed by atoms with Gasteiger partial charge in [0.05, 0.1) is 17.9 Å². The first-order chi connectivity index (χ1) is 16.8. The van der Waals surface area contributed by atoms with Crippen molar-refractivity contribution in [3.8, 4) is 0 Å². The summed E-state index contributed by atoms with van der Waals surface area (Å²) >= 11 is 0. The molecule has 2 heterocycles. The molecule has 1 aromatic carbocycles. The number of hydrogen-bond donors (Lipinski definition) is 2. The fourth-order valence-corrected chi connectivity index (χ4v) is 4.44. The van der Waals surface area contributed by atoms with E-state index in [-0.39, 0.29) is 37.4 Å². The Labute approximate surface area is 204 Å². The molecule has 1 saturated carbocycles. The van der Waals surface area contributed by atoms with Crippen LogP contribution in [0.1, 0.15) is 36.9 Å². The lowest BCUT2D eigenvalue weighted by Gasteiger charge is -2.46. The Morgan fingerprint density at radius 2 is 1.75 bits per heavy atom. The van der Waals surface area contributed by atoms with Crippen LogP contribution in [0.25, 0.3) is 0 Å². The van der Waals surface area contributed by atoms with Crippen molar-refractivity contribution in [1.82, 2.24) is 14.8 Å². The topological polar surface area (TPSA) is 109 Å². The number of aromatic nitrogens is 1. The lowest BCUT2D eigenvalue weighted by atomic mass is 9.96. The van der Waals surface area contributed by atoms with Crippen LogP contribution < -0.4 is 11.1 Å². The van der Waals surface area contributed by atoms with Crippen LogP contribution >= 0.6 is 0 Å². The van der Waals surface area contributed by atoms with Gasteiger partial charge in [-0.15, -0.1) is 0 Å². The number of nitrogens with two attached hydrogens (primary N) is 1. The molecule has 2 atom stereocenters. The zero-order valence-corrected chi connectivity index (χ0v) is 19.6. The lowest BCUT2D eigenvalue weighted by molar-refractivity contribution is -0.201. The maximum atomic E-state index is 13.6. The van der Waals surface area contributed by atoms with Gasteiger partial charge in [0.2, 0.25) is 5.91 Å². The van der Waals surface area contributed by atoms with Gasteiger partial charge in [-0.3, -0.25) is 14.4 Å². The Balaban J connectivity index is 1.61. The number of nitrogens with zero attached hydrogens (tertiary/aromatic N) is 3. The zero-order chi connectivity index (χ0) is 26.4. The van der Waals surface area contributed by atoms with Gasteiger partial charge < -0.3 is 20.9 Å². The van der Waals surface area contributed by atoms with E-state index in [1.165, 1.54) is 36.2 Å². The van der Waals surface area contributed by atoms with Crippen molar-refractivity contribution >= 4 is 29.2 Å². The van der Waals surface area contributed by atoms with Crippen LogP contribution in [0.5, 0.6) is 0 Å². The van der Waals surface area contributed by atoms with Crippen molar-refractivity contribution in [3.63, 3.8) is 0 Å². The molecular formula is C24H25F4N5O3. The van der Waals surface area contributed by atoms with Gasteiger partial charge in [-0.25, -0.2) is 9.37 Å². The number of nitrogen functional groups attached to an aromatic ring is 1. The van der Waals surface area contributed by atoms with E-state index in [1.54, 1.807) is 6.92 Å². The third-order valence-corrected chi connectivity index (χ3v) is 6.79. The van der Waals surface area contributed by atoms with Gasteiger partial charge in [0.15, 0.2) is 0 Å². The highest BCUT2D eigenvalue weighted by atomic mass is 19.4. The summed E-state index contributed by atoms with van der Waals surface area (Å²) in [6, 6.07) is 4.83. The van der Waals surface area contributed by atoms with Crippen molar-refractivity contribution in [1.29, 1.82) is 0 Å². The highest BCUT2D eigenvalue weighted by molar-refractivity contribution is 6.39. The second-order valence-electron chi connectivity index (χ2n) is 9.29. The van der Waals surface area contributed by atoms with Crippen LogP contribution in [0.2, 0.25) is 0 Å². The van der Waals surface area contributed by atoms with Gasteiger partial charge in [0.25, 0.3) is 0 Å². The molecule has 1 aliphatic carbocycles. The minimum absolute atomic E-state index is 0.188. The average Bonchev–Trinajstić information content (AvgIpc) is 3.63. The lowest BCUT2D eigenvalue weighted by Crippen LogP contribution is -2.60. The van der Waals surface area contributed by atoms with Crippen LogP contribution in [0.15, 0.2) is 36.5 Å². The monoisotopic (exact) mass is 507 g/mol. The standard InChI is InChI=1S/C24H25F4N5O3/c1-13-9-17(10-30-19(13)29)31-20(34)21(35)33-11-14(2)32(22(36)23(7-8-23)24(26,27)28)12-18(33)15-3-5-16(25)6-4-15/h3-6,9-10,14,18H,7-8,11-12H2,1-2H3,(H2,29,30)(H,31,34)/t14-,18?/m0/s1. The molecule has 1 aromatic heterocycles. The average molecular weight is 507 g/mol. The van der Waals surface area contributed by atoms with Gasteiger partial charge in [0, 0.05) is 19.1 Å². The Morgan fingerprint density at radius 1 is 1.11 bits per heavy atom. The number of alkyl halides is 3. The molecule has 36 heavy (non-hydrogen) atoms. The maximum Gasteiger partial charge on any atom is 0.403 e. The summed E-state index contributed by atoms with van der Waals surface area (Å²) < 4.78 is 54.5. The molecule has 4 rings (SSSR count). The van der Waals surface area contributed by atoms with E-state index in [4.69, 9.17) is 5.73 Å². The van der Waals surface area contributed by atoms with E-state index in [2.05, 4.69) is 10.3 Å². The predicted octanol–water partition coefficient (Wildman–Crippen LogP) is 3.19. The Bertz CT molecular complexity index is 1200. The van der Waals surface area contributed by atoms with E-state index in [0.717, 1.165) is 17.0 Å². The number of carbonyl (C=O) groups excluding carboxylic acids is 3. The third-order valence-electron chi connectivity index (χ3n) is 6.79. The molecule has 3 amide bonds. The SMILES string of the molecule is Cc1cc(NC(=O)C(=O)N2C[C@H](C)N(C(=O)C3(C(F)(F)F)CC3)CC2c2ccc(F)cc2)cnc1N. The first-order valence-electron chi connectivity index (χ1n) is 11.3. The zero-order valence-electron chi connectivity index (χ0n) is 19.6. The van der Waals surface area contributed by atoms with Crippen molar-refractivity contribution < 1.29 is 31.9 Å². The minimum atomic E-state index is -4.69. The molecule has 3 N–H and O–H groups in total. The number of amides is 3. The number of halogens is 4. The van der Waals surface area contributed by atoms with E-state index in [1.807, 2.05) is 0 Å². The number of benzene rings is 1. The number of aryl methyl sites for hydroxylation is 1. The molecule has 0 radical (unpaired) electrons. The first-order valence-corrected chi connectivity index (χ1v) is 11.3. The molecule has 2 aromatic rings. The number of hydrogen-bond acceptors (Lipinski definition) is 5. The minimum Gasteiger partial charge on any atom is -0.383 e. The summed E-state index contributed by atoms with van der Waals surface area (Å²) in [4.78, 5) is 45.3. The van der Waals surface area contributed by atoms with Crippen LogP contribution in [0, 0.1) is 18.2 Å². The number of rotatable bonds is 3. The fraction of sp³-hybridized carbons (Fsp3) is 0.417. The predicted molar refractivity (Wildman–Crippen MR) is 122 cm³/mol. The quantitative estimate of drug-likeness (QED) is 0.490. The fourth-order valence-electron chi connectivity index (χ4n) is 4.44. The van der Waals surface area contributed by atoms with Crippen molar-refractivity contribution in [3.05, 3.63) is 53.5 Å². The highest BCUT2D eigenvalue weighted by Crippen LogP contribution is 2.59. The van der Waals surface area contributed by atoms with Crippen LogP contribution in [0.3, 0.4) is 0 Å². The summed E-state index contributed by atoms with van der Waals surface area (Å²) in [5.74, 6) is -3.28. The summed E-state index contributed by atoms with van der Waals surface area (Å²) in [5, 5.41) is 2.45. The molecule has 2 fully saturated rings. The summed E-state index contributed by atoms with van der Waals surface area (Å²) in [5.41, 5.74) is 4.46. The normalized spacial score (nSPS) is 21.2. The molecule has 12 heteroatoms. The second kappa shape index (κ2) is 9.07. The number of piperazine rings is 1. The van der Waals surface area contributed by atoms with E-state index < -0.39 is 47.2 Å². The second-order valence-corrected chi connectivity index (χ2v) is 9.29. The summed E-state index contributed by atoms with van der Waals surface area (Å²) in [6.07, 6.45) is -3.98. The van der Waals surface area contributed by atoms with E-state index in [0.29, 0.717) is 11.1 Å². The molecule has 8 nitrogen and oxygen atoms in total. The molecular weight excluding hydrogens is 482 g/mol. The molecule has 2 aliphatic rings. The number of nitrogens with one attached hydrogen (secondary N) is 1. The van der Waals surface area contributed by atoms with Gasteiger partial charge in [0.1, 0.15) is 17.1 Å². The molecule has 1 aliphatic heterocycles.